The smallest absolute Gasteiger partial charge is 0.491 e. The van der Waals surface area contributed by atoms with Crippen molar-refractivity contribution < 1.29 is 34.5 Å². The predicted molar refractivity (Wildman–Crippen MR) is 181 cm³/mol. The van der Waals surface area contributed by atoms with Crippen LogP contribution < -0.4 is 10.8 Å². The van der Waals surface area contributed by atoms with Crippen LogP contribution in [-0.2, 0) is 14.2 Å². The summed E-state index contributed by atoms with van der Waals surface area (Å²) in [5.74, 6) is -0.166. The molecule has 0 bridgehead atoms. The third-order valence-electron chi connectivity index (χ3n) is 8.74. The number of rotatable bonds is 9. The average Bonchev–Trinajstić information content (AvgIpc) is 3.40. The molecule has 2 fully saturated rings. The largest absolute Gasteiger partial charge is 0.494 e. The zero-order chi connectivity index (χ0) is 33.1. The monoisotopic (exact) mass is 641 g/mol. The Balaban J connectivity index is 1.24. The molecular formula is C34H40BN5O7. The van der Waals surface area contributed by atoms with E-state index in [1.165, 1.54) is 0 Å². The van der Waals surface area contributed by atoms with Crippen molar-refractivity contribution in [1.29, 1.82) is 0 Å². The molecule has 3 heterocycles. The molecule has 2 aliphatic rings. The minimum absolute atomic E-state index is 0.0159. The van der Waals surface area contributed by atoms with Crippen molar-refractivity contribution in [1.82, 2.24) is 14.8 Å². The Morgan fingerprint density at radius 3 is 2.51 bits per heavy atom. The van der Waals surface area contributed by atoms with Crippen LogP contribution in [0.15, 0.2) is 77.8 Å². The number of aromatic amines is 1. The Bertz CT molecular complexity index is 1710. The van der Waals surface area contributed by atoms with Gasteiger partial charge in [-0.05, 0) is 49.8 Å². The highest BCUT2D eigenvalue weighted by Gasteiger charge is 2.39. The van der Waals surface area contributed by atoms with Gasteiger partial charge in [0, 0.05) is 48.3 Å². The lowest BCUT2D eigenvalue weighted by Gasteiger charge is -2.37. The number of piperazine rings is 1. The molecule has 0 radical (unpaired) electrons. The molecule has 2 aliphatic heterocycles. The van der Waals surface area contributed by atoms with Gasteiger partial charge in [-0.25, -0.2) is 4.99 Å². The lowest BCUT2D eigenvalue weighted by Crippen LogP contribution is -2.56. The van der Waals surface area contributed by atoms with Crippen LogP contribution in [0, 0.1) is 0 Å². The molecule has 6 rings (SSSR count). The number of hydrogen-bond donors (Lipinski definition) is 6. The molecule has 4 aromatic rings. The average molecular weight is 642 g/mol. The van der Waals surface area contributed by atoms with Crippen molar-refractivity contribution in [2.45, 2.75) is 31.3 Å². The van der Waals surface area contributed by atoms with Crippen molar-refractivity contribution >= 4 is 46.5 Å². The van der Waals surface area contributed by atoms with Gasteiger partial charge in [-0.2, -0.15) is 0 Å². The molecule has 0 spiro atoms. The lowest BCUT2D eigenvalue weighted by molar-refractivity contribution is -0.176. The third kappa shape index (κ3) is 7.58. The summed E-state index contributed by atoms with van der Waals surface area (Å²) in [5.41, 5.74) is 3.99. The molecular weight excluding hydrogens is 601 g/mol. The Morgan fingerprint density at radius 2 is 1.79 bits per heavy atom. The highest BCUT2D eigenvalue weighted by molar-refractivity contribution is 6.60. The summed E-state index contributed by atoms with van der Waals surface area (Å²) in [6.45, 7) is 5.64. The first-order valence-corrected chi connectivity index (χ1v) is 15.8. The van der Waals surface area contributed by atoms with Crippen molar-refractivity contribution in [3.63, 3.8) is 0 Å². The molecule has 2 saturated heterocycles. The molecule has 1 amide bonds. The number of hydrogen-bond acceptors (Lipinski definition) is 10. The molecule has 4 atom stereocenters. The lowest BCUT2D eigenvalue weighted by atomic mass is 9.78. The minimum Gasteiger partial charge on any atom is -0.494 e. The second-order valence-corrected chi connectivity index (χ2v) is 12.2. The summed E-state index contributed by atoms with van der Waals surface area (Å²) in [6, 6.07) is 21.8. The van der Waals surface area contributed by atoms with E-state index in [0.29, 0.717) is 45.6 Å². The molecule has 12 nitrogen and oxygen atoms in total. The molecule has 3 aromatic carbocycles. The van der Waals surface area contributed by atoms with Crippen LogP contribution in [0.1, 0.15) is 18.1 Å². The summed E-state index contributed by atoms with van der Waals surface area (Å²) in [7, 11) is 0.658. The van der Waals surface area contributed by atoms with Crippen LogP contribution in [-0.4, -0.2) is 125 Å². The van der Waals surface area contributed by atoms with Crippen LogP contribution >= 0.6 is 0 Å². The van der Waals surface area contributed by atoms with Gasteiger partial charge in [-0.1, -0.05) is 42.5 Å². The Morgan fingerprint density at radius 1 is 1.06 bits per heavy atom. The highest BCUT2D eigenvalue weighted by atomic mass is 16.6. The zero-order valence-electron chi connectivity index (χ0n) is 26.4. The first-order valence-electron chi connectivity index (χ1n) is 15.8. The molecule has 246 valence electrons. The maximum absolute atomic E-state index is 12.7. The zero-order valence-corrected chi connectivity index (χ0v) is 26.4. The normalized spacial score (nSPS) is 22.8. The first-order chi connectivity index (χ1) is 22.7. The quantitative estimate of drug-likeness (QED) is 0.117. The third-order valence-corrected chi connectivity index (χ3v) is 8.74. The number of anilines is 1. The van der Waals surface area contributed by atoms with Crippen molar-refractivity contribution in [2.75, 3.05) is 51.7 Å². The highest BCUT2D eigenvalue weighted by Crippen LogP contribution is 2.32. The number of likely N-dealkylation sites (N-methyl/N-ethyl adjacent to an activating group) is 1. The van der Waals surface area contributed by atoms with Gasteiger partial charge in [-0.3, -0.25) is 9.69 Å². The number of H-pyrrole nitrogens is 1. The maximum atomic E-state index is 12.7. The summed E-state index contributed by atoms with van der Waals surface area (Å²) in [5, 5.41) is 46.1. The van der Waals surface area contributed by atoms with Gasteiger partial charge in [0.2, 0.25) is 5.91 Å². The number of carbonyl (C=O) groups is 1. The van der Waals surface area contributed by atoms with E-state index in [-0.39, 0.29) is 18.4 Å². The summed E-state index contributed by atoms with van der Waals surface area (Å²) >= 11 is 0. The molecule has 2 unspecified atom stereocenters. The van der Waals surface area contributed by atoms with E-state index < -0.39 is 31.5 Å². The predicted octanol–water partition coefficient (Wildman–Crippen LogP) is 1.44. The molecule has 0 aliphatic carbocycles. The van der Waals surface area contributed by atoms with Crippen LogP contribution in [0.5, 0.6) is 5.88 Å². The van der Waals surface area contributed by atoms with Gasteiger partial charge < -0.3 is 44.9 Å². The summed E-state index contributed by atoms with van der Waals surface area (Å²) < 4.78 is 11.2. The number of aliphatic imine (C=N–C) groups is 1. The number of nitrogens with one attached hydrogen (secondary N) is 2. The van der Waals surface area contributed by atoms with Crippen LogP contribution in [0.3, 0.4) is 0 Å². The van der Waals surface area contributed by atoms with Crippen LogP contribution in [0.25, 0.3) is 10.9 Å². The SMILES string of the molecule is CC1OC[C@@H](O)[C@@H](O)C1OB(O)c1ccc2c(C(=Nc3ccc(NC(=O)CN4CCN(C)CC4)cc3)c3ccccc3)c(O)[nH]c2c1. The topological polar surface area (TPSA) is 163 Å². The number of aromatic nitrogens is 1. The molecule has 47 heavy (non-hydrogen) atoms. The molecule has 6 N–H and O–H groups in total. The summed E-state index contributed by atoms with van der Waals surface area (Å²) in [4.78, 5) is 25.0. The van der Waals surface area contributed by atoms with E-state index >= 15 is 0 Å². The van der Waals surface area contributed by atoms with Crippen molar-refractivity contribution in [3.8, 4) is 5.88 Å². The number of aliphatic hydroxyl groups excluding tert-OH is 2. The number of fused-ring (bicyclic) bond motifs is 1. The van der Waals surface area contributed by atoms with Crippen LogP contribution in [0.2, 0.25) is 0 Å². The fourth-order valence-electron chi connectivity index (χ4n) is 5.97. The van der Waals surface area contributed by atoms with Crippen molar-refractivity contribution in [2.24, 2.45) is 4.99 Å². The van der Waals surface area contributed by atoms with E-state index in [1.54, 1.807) is 37.3 Å². The molecule has 0 saturated carbocycles. The number of carbonyl (C=O) groups excluding carboxylic acids is 1. The maximum Gasteiger partial charge on any atom is 0.491 e. The number of aliphatic hydroxyl groups is 2. The Hall–Kier alpha value is -4.08. The standard InChI is InChI=1S/C34H40BN5O7/c1-21-33(32(43)28(41)20-46-21)47-35(45)23-8-13-26-27(18-23)38-34(44)30(26)31(22-6-4-3-5-7-22)37-25-11-9-24(10-12-25)36-29(42)19-40-16-14-39(2)15-17-40/h3-13,18,21,28,32-33,38,41,43-45H,14-17,19-20H2,1-2H3,(H,36,42)/t21?,28-,32-,33?/m1/s1. The number of aromatic hydroxyl groups is 1. The number of nitrogens with zero attached hydrogens (tertiary/aromatic N) is 3. The van der Waals surface area contributed by atoms with Gasteiger partial charge in [0.05, 0.1) is 42.3 Å². The van der Waals surface area contributed by atoms with Gasteiger partial charge in [0.1, 0.15) is 12.2 Å². The van der Waals surface area contributed by atoms with E-state index in [2.05, 4.69) is 27.1 Å². The minimum atomic E-state index is -1.42. The molecule has 1 aromatic heterocycles. The van der Waals surface area contributed by atoms with E-state index in [0.717, 1.165) is 31.7 Å². The van der Waals surface area contributed by atoms with Gasteiger partial charge in [0.25, 0.3) is 0 Å². The molecule has 13 heteroatoms. The van der Waals surface area contributed by atoms with Gasteiger partial charge in [0.15, 0.2) is 5.88 Å². The number of amides is 1. The second-order valence-electron chi connectivity index (χ2n) is 12.2. The summed E-state index contributed by atoms with van der Waals surface area (Å²) in [6.07, 6.45) is -3.81. The van der Waals surface area contributed by atoms with E-state index in [4.69, 9.17) is 14.4 Å². The first kappa shape index (κ1) is 32.8. The fourth-order valence-corrected chi connectivity index (χ4v) is 5.97. The second kappa shape index (κ2) is 14.4. The Kier molecular flexibility index (Phi) is 10.0. The van der Waals surface area contributed by atoms with Gasteiger partial charge in [-0.15, -0.1) is 0 Å². The number of ether oxygens (including phenoxy) is 1. The fraction of sp³-hybridized carbons (Fsp3) is 0.353. The van der Waals surface area contributed by atoms with Crippen molar-refractivity contribution in [3.05, 3.63) is 83.9 Å². The van der Waals surface area contributed by atoms with Crippen LogP contribution in [0.4, 0.5) is 11.4 Å². The number of benzene rings is 3. The van der Waals surface area contributed by atoms with E-state index in [9.17, 15) is 25.1 Å². The van der Waals surface area contributed by atoms with E-state index in [1.807, 2.05) is 42.5 Å². The Labute approximate surface area is 273 Å². The van der Waals surface area contributed by atoms with Gasteiger partial charge >= 0.3 is 7.12 Å².